The van der Waals surface area contributed by atoms with Crippen LogP contribution >= 0.6 is 0 Å². The average Bonchev–Trinajstić information content (AvgIpc) is 2.68. The zero-order valence-electron chi connectivity index (χ0n) is 13.8. The molecule has 0 radical (unpaired) electrons. The van der Waals surface area contributed by atoms with Gasteiger partial charge in [-0.25, -0.2) is 8.78 Å². The molecule has 0 unspecified atom stereocenters. The van der Waals surface area contributed by atoms with E-state index in [2.05, 4.69) is 0 Å². The molecule has 2 N–H and O–H groups in total. The van der Waals surface area contributed by atoms with Crippen molar-refractivity contribution >= 4 is 11.6 Å². The number of ketones is 2. The highest BCUT2D eigenvalue weighted by molar-refractivity contribution is 6.29. The van der Waals surface area contributed by atoms with Crippen molar-refractivity contribution in [1.82, 2.24) is 0 Å². The van der Waals surface area contributed by atoms with Crippen LogP contribution < -0.4 is 4.74 Å². The van der Waals surface area contributed by atoms with Gasteiger partial charge in [-0.1, -0.05) is 18.2 Å². The van der Waals surface area contributed by atoms with Crippen molar-refractivity contribution < 1.29 is 37.7 Å². The normalized spacial score (nSPS) is 12.5. The third kappa shape index (κ3) is 2.42. The van der Waals surface area contributed by atoms with Gasteiger partial charge in [-0.15, -0.1) is 0 Å². The number of aromatic hydroxyl groups is 2. The first-order chi connectivity index (χ1) is 13.3. The molecule has 0 saturated carbocycles. The van der Waals surface area contributed by atoms with Gasteiger partial charge < -0.3 is 14.9 Å². The lowest BCUT2D eigenvalue weighted by Gasteiger charge is -2.21. The number of benzene rings is 3. The molecule has 1 aliphatic rings. The van der Waals surface area contributed by atoms with Gasteiger partial charge in [0, 0.05) is 11.1 Å². The topological polar surface area (TPSA) is 83.8 Å². The summed E-state index contributed by atoms with van der Waals surface area (Å²) in [6.45, 7) is 0. The van der Waals surface area contributed by atoms with Crippen molar-refractivity contribution in [3.8, 4) is 23.0 Å². The number of phenols is 2. The van der Waals surface area contributed by atoms with E-state index in [0.717, 1.165) is 12.1 Å². The Bertz CT molecular complexity index is 1170. The van der Waals surface area contributed by atoms with Crippen molar-refractivity contribution in [2.45, 2.75) is 0 Å². The summed E-state index contributed by atoms with van der Waals surface area (Å²) in [7, 11) is 0. The van der Waals surface area contributed by atoms with E-state index in [1.807, 2.05) is 0 Å². The van der Waals surface area contributed by atoms with E-state index in [4.69, 9.17) is 4.74 Å². The van der Waals surface area contributed by atoms with Gasteiger partial charge in [-0.05, 0) is 24.3 Å². The van der Waals surface area contributed by atoms with Crippen LogP contribution in [0, 0.1) is 17.5 Å². The minimum absolute atomic E-state index is 0.0165. The first-order valence-electron chi connectivity index (χ1n) is 7.90. The Balaban J connectivity index is 1.96. The van der Waals surface area contributed by atoms with Gasteiger partial charge in [0.2, 0.25) is 11.6 Å². The summed E-state index contributed by atoms with van der Waals surface area (Å²) in [5, 5.41) is 19.1. The average molecular weight is 386 g/mol. The van der Waals surface area contributed by atoms with Gasteiger partial charge >= 0.3 is 0 Å². The summed E-state index contributed by atoms with van der Waals surface area (Å²) < 4.78 is 49.1. The number of hydrogen-bond acceptors (Lipinski definition) is 5. The smallest absolute Gasteiger partial charge is 0.205 e. The summed E-state index contributed by atoms with van der Waals surface area (Å²) in [5.74, 6) is -10.1. The molecule has 5 nitrogen and oxygen atoms in total. The summed E-state index contributed by atoms with van der Waals surface area (Å²) in [4.78, 5) is 25.2. The molecule has 3 aromatic rings. The monoisotopic (exact) mass is 386 g/mol. The number of para-hydroxylation sites is 1. The van der Waals surface area contributed by atoms with Crippen LogP contribution in [-0.4, -0.2) is 21.8 Å². The van der Waals surface area contributed by atoms with E-state index < -0.39 is 68.5 Å². The van der Waals surface area contributed by atoms with E-state index in [1.165, 1.54) is 24.3 Å². The van der Waals surface area contributed by atoms with Gasteiger partial charge in [0.25, 0.3) is 0 Å². The van der Waals surface area contributed by atoms with Crippen molar-refractivity contribution in [3.63, 3.8) is 0 Å². The zero-order chi connectivity index (χ0) is 20.2. The molecule has 8 heteroatoms. The summed E-state index contributed by atoms with van der Waals surface area (Å²) in [6, 6.07) is 8.86. The molecule has 3 aromatic carbocycles. The lowest BCUT2D eigenvalue weighted by molar-refractivity contribution is 0.0969. The third-order valence-electron chi connectivity index (χ3n) is 4.30. The maximum atomic E-state index is 15.0. The first kappa shape index (κ1) is 17.6. The second kappa shape index (κ2) is 6.12. The van der Waals surface area contributed by atoms with E-state index in [0.29, 0.717) is 0 Å². The van der Waals surface area contributed by atoms with Gasteiger partial charge in [-0.2, -0.15) is 4.39 Å². The van der Waals surface area contributed by atoms with E-state index in [1.54, 1.807) is 6.07 Å². The maximum absolute atomic E-state index is 15.0. The second-order valence-electron chi connectivity index (χ2n) is 5.98. The van der Waals surface area contributed by atoms with Crippen molar-refractivity contribution in [2.75, 3.05) is 0 Å². The predicted molar refractivity (Wildman–Crippen MR) is 89.5 cm³/mol. The van der Waals surface area contributed by atoms with E-state index in [9.17, 15) is 33.0 Å². The standard InChI is InChI=1S/C20H9F3O5/c21-15-13-14(16(22)20(17(15)23)28-8-4-2-1-3-5-8)19(27)10-7-12(25)11(24)6-9(10)18(13)26/h1-7,24-25H. The van der Waals surface area contributed by atoms with Gasteiger partial charge in [-0.3, -0.25) is 9.59 Å². The third-order valence-corrected chi connectivity index (χ3v) is 4.30. The molecule has 0 fully saturated rings. The predicted octanol–water partition coefficient (Wildman–Crippen LogP) is 4.08. The maximum Gasteiger partial charge on any atom is 0.205 e. The molecular formula is C20H9F3O5. The van der Waals surface area contributed by atoms with Crippen molar-refractivity contribution in [3.05, 3.63) is 82.2 Å². The molecule has 1 aliphatic carbocycles. The van der Waals surface area contributed by atoms with Crippen LogP contribution in [0.4, 0.5) is 13.2 Å². The molecule has 0 atom stereocenters. The van der Waals surface area contributed by atoms with Crippen LogP contribution in [-0.2, 0) is 0 Å². The molecule has 28 heavy (non-hydrogen) atoms. The molecule has 0 bridgehead atoms. The fourth-order valence-electron chi connectivity index (χ4n) is 2.98. The summed E-state index contributed by atoms with van der Waals surface area (Å²) in [6.07, 6.45) is 0. The Morgan fingerprint density at radius 1 is 0.714 bits per heavy atom. The Labute approximate surface area is 155 Å². The second-order valence-corrected chi connectivity index (χ2v) is 5.98. The molecular weight excluding hydrogens is 377 g/mol. The molecule has 0 amide bonds. The highest BCUT2D eigenvalue weighted by Crippen LogP contribution is 2.41. The number of rotatable bonds is 2. The van der Waals surface area contributed by atoms with Crippen LogP contribution in [0.15, 0.2) is 42.5 Å². The van der Waals surface area contributed by atoms with E-state index in [-0.39, 0.29) is 5.75 Å². The zero-order valence-corrected chi connectivity index (χ0v) is 13.8. The lowest BCUT2D eigenvalue weighted by atomic mass is 9.83. The quantitative estimate of drug-likeness (QED) is 0.401. The first-order valence-corrected chi connectivity index (χ1v) is 7.90. The minimum Gasteiger partial charge on any atom is -0.504 e. The number of ether oxygens (including phenoxy) is 1. The Morgan fingerprint density at radius 3 is 1.75 bits per heavy atom. The molecule has 0 spiro atoms. The number of hydrogen-bond donors (Lipinski definition) is 2. The molecule has 4 rings (SSSR count). The number of carbonyl (C=O) groups is 2. The van der Waals surface area contributed by atoms with Crippen LogP contribution in [0.1, 0.15) is 31.8 Å². The number of halogens is 3. The molecule has 0 saturated heterocycles. The molecule has 0 aromatic heterocycles. The highest BCUT2D eigenvalue weighted by Gasteiger charge is 2.40. The van der Waals surface area contributed by atoms with Gasteiger partial charge in [0.1, 0.15) is 5.75 Å². The van der Waals surface area contributed by atoms with Crippen LogP contribution in [0.2, 0.25) is 0 Å². The fourth-order valence-corrected chi connectivity index (χ4v) is 2.98. The molecule has 0 aliphatic heterocycles. The summed E-state index contributed by atoms with van der Waals surface area (Å²) >= 11 is 0. The van der Waals surface area contributed by atoms with Crippen LogP contribution in [0.5, 0.6) is 23.0 Å². The van der Waals surface area contributed by atoms with Crippen molar-refractivity contribution in [2.24, 2.45) is 0 Å². The SMILES string of the molecule is O=C1c2cc(O)c(O)cc2C(=O)c2c(F)c(Oc3ccccc3)c(F)c(F)c21. The largest absolute Gasteiger partial charge is 0.504 e. The summed E-state index contributed by atoms with van der Waals surface area (Å²) in [5.41, 5.74) is -3.05. The van der Waals surface area contributed by atoms with Gasteiger partial charge in [0.15, 0.2) is 34.7 Å². The minimum atomic E-state index is -1.77. The Hall–Kier alpha value is -3.81. The number of carbonyl (C=O) groups excluding carboxylic acids is 2. The van der Waals surface area contributed by atoms with Crippen molar-refractivity contribution in [1.29, 1.82) is 0 Å². The number of fused-ring (bicyclic) bond motifs is 2. The van der Waals surface area contributed by atoms with E-state index >= 15 is 0 Å². The fraction of sp³-hybridized carbons (Fsp3) is 0. The molecule has 140 valence electrons. The van der Waals surface area contributed by atoms with Crippen LogP contribution in [0.25, 0.3) is 0 Å². The highest BCUT2D eigenvalue weighted by atomic mass is 19.2. The van der Waals surface area contributed by atoms with Crippen LogP contribution in [0.3, 0.4) is 0 Å². The Morgan fingerprint density at radius 2 is 1.21 bits per heavy atom. The Kier molecular flexibility index (Phi) is 3.85. The number of phenolic OH excluding ortho intramolecular Hbond substituents is 2. The van der Waals surface area contributed by atoms with Gasteiger partial charge in [0.05, 0.1) is 11.1 Å². The lowest BCUT2D eigenvalue weighted by Crippen LogP contribution is -2.25. The molecule has 0 heterocycles.